The van der Waals surface area contributed by atoms with E-state index in [0.29, 0.717) is 5.95 Å². The van der Waals surface area contributed by atoms with E-state index in [0.717, 1.165) is 17.2 Å². The van der Waals surface area contributed by atoms with E-state index in [2.05, 4.69) is 20.3 Å². The molecule has 6 heteroatoms. The van der Waals surface area contributed by atoms with E-state index in [1.54, 1.807) is 18.6 Å². The molecule has 19 heavy (non-hydrogen) atoms. The topological polar surface area (TPSA) is 57.2 Å². The lowest BCUT2D eigenvalue weighted by atomic mass is 10.3. The zero-order valence-electron chi connectivity index (χ0n) is 11.6. The highest BCUT2D eigenvalue weighted by molar-refractivity contribution is 5.59. The molecule has 0 atom stereocenters. The van der Waals surface area contributed by atoms with Crippen molar-refractivity contribution in [2.45, 2.75) is 0 Å². The van der Waals surface area contributed by atoms with Crippen molar-refractivity contribution in [1.82, 2.24) is 15.0 Å². The molecule has 0 fully saturated rings. The van der Waals surface area contributed by atoms with Crippen LogP contribution < -0.4 is 15.1 Å². The largest absolute Gasteiger partial charge is 0.363 e. The number of anilines is 4. The molecule has 0 aromatic carbocycles. The predicted octanol–water partition coefficient (Wildman–Crippen LogP) is 1.75. The number of rotatable bonds is 4. The lowest BCUT2D eigenvalue weighted by Gasteiger charge is -2.13. The SMILES string of the molecule is CN(C)c1ccc(Nc2cnc(N(C)C)nc2)cn1. The molecule has 100 valence electrons. The van der Waals surface area contributed by atoms with Crippen molar-refractivity contribution < 1.29 is 0 Å². The fourth-order valence-corrected chi connectivity index (χ4v) is 1.51. The summed E-state index contributed by atoms with van der Waals surface area (Å²) in [5.74, 6) is 1.61. The van der Waals surface area contributed by atoms with Crippen LogP contribution in [0.2, 0.25) is 0 Å². The molecule has 1 N–H and O–H groups in total. The van der Waals surface area contributed by atoms with Gasteiger partial charge in [-0.1, -0.05) is 0 Å². The van der Waals surface area contributed by atoms with E-state index < -0.39 is 0 Å². The Morgan fingerprint density at radius 2 is 1.42 bits per heavy atom. The summed E-state index contributed by atoms with van der Waals surface area (Å²) in [6, 6.07) is 3.93. The van der Waals surface area contributed by atoms with E-state index in [9.17, 15) is 0 Å². The molecule has 0 spiro atoms. The molecule has 0 saturated heterocycles. The van der Waals surface area contributed by atoms with Gasteiger partial charge in [0.05, 0.1) is 30.0 Å². The van der Waals surface area contributed by atoms with Crippen molar-refractivity contribution in [1.29, 1.82) is 0 Å². The van der Waals surface area contributed by atoms with Crippen LogP contribution in [0.5, 0.6) is 0 Å². The Hall–Kier alpha value is -2.37. The molecule has 0 unspecified atom stereocenters. The third-order valence-corrected chi connectivity index (χ3v) is 2.53. The van der Waals surface area contributed by atoms with Crippen molar-refractivity contribution in [2.24, 2.45) is 0 Å². The van der Waals surface area contributed by atoms with Crippen LogP contribution >= 0.6 is 0 Å². The van der Waals surface area contributed by atoms with Crippen LogP contribution in [-0.4, -0.2) is 43.1 Å². The fraction of sp³-hybridized carbons (Fsp3) is 0.308. The molecule has 0 radical (unpaired) electrons. The van der Waals surface area contributed by atoms with Crippen molar-refractivity contribution in [3.63, 3.8) is 0 Å². The summed E-state index contributed by atoms with van der Waals surface area (Å²) < 4.78 is 0. The summed E-state index contributed by atoms with van der Waals surface area (Å²) in [5.41, 5.74) is 1.75. The van der Waals surface area contributed by atoms with Gasteiger partial charge >= 0.3 is 0 Å². The van der Waals surface area contributed by atoms with Gasteiger partial charge in [0.1, 0.15) is 5.82 Å². The lowest BCUT2D eigenvalue weighted by Crippen LogP contribution is -2.12. The maximum absolute atomic E-state index is 4.33. The molecular weight excluding hydrogens is 240 g/mol. The molecule has 2 rings (SSSR count). The van der Waals surface area contributed by atoms with Gasteiger partial charge in [-0.25, -0.2) is 15.0 Å². The van der Waals surface area contributed by atoms with Gasteiger partial charge in [0, 0.05) is 28.2 Å². The first-order valence-electron chi connectivity index (χ1n) is 5.96. The average molecular weight is 258 g/mol. The second-order valence-electron chi connectivity index (χ2n) is 4.59. The fourth-order valence-electron chi connectivity index (χ4n) is 1.51. The Bertz CT molecular complexity index is 468. The molecule has 0 saturated carbocycles. The molecule has 0 aliphatic carbocycles. The summed E-state index contributed by atoms with van der Waals surface area (Å²) in [6.45, 7) is 0. The van der Waals surface area contributed by atoms with Crippen LogP contribution in [0, 0.1) is 0 Å². The molecular formula is C13H18N6. The number of hydrogen-bond donors (Lipinski definition) is 1. The Kier molecular flexibility index (Phi) is 3.79. The average Bonchev–Trinajstić information content (AvgIpc) is 2.40. The maximum Gasteiger partial charge on any atom is 0.224 e. The highest BCUT2D eigenvalue weighted by Crippen LogP contribution is 2.17. The van der Waals surface area contributed by atoms with E-state index in [1.165, 1.54) is 0 Å². The minimum absolute atomic E-state index is 0.687. The molecule has 0 bridgehead atoms. The van der Waals surface area contributed by atoms with Gasteiger partial charge in [0.15, 0.2) is 0 Å². The van der Waals surface area contributed by atoms with E-state index >= 15 is 0 Å². The normalized spacial score (nSPS) is 10.1. The number of aromatic nitrogens is 3. The number of hydrogen-bond acceptors (Lipinski definition) is 6. The summed E-state index contributed by atoms with van der Waals surface area (Å²) in [6.07, 6.45) is 5.29. The highest BCUT2D eigenvalue weighted by atomic mass is 15.2. The maximum atomic E-state index is 4.33. The number of nitrogens with zero attached hydrogens (tertiary/aromatic N) is 5. The van der Waals surface area contributed by atoms with E-state index in [-0.39, 0.29) is 0 Å². The van der Waals surface area contributed by atoms with Crippen molar-refractivity contribution in [3.05, 3.63) is 30.7 Å². The van der Waals surface area contributed by atoms with Gasteiger partial charge in [0.2, 0.25) is 5.95 Å². The first-order chi connectivity index (χ1) is 9.06. The van der Waals surface area contributed by atoms with Gasteiger partial charge in [-0.05, 0) is 12.1 Å². The van der Waals surface area contributed by atoms with Crippen molar-refractivity contribution >= 4 is 23.1 Å². The Balaban J connectivity index is 2.08. The Morgan fingerprint density at radius 1 is 0.789 bits per heavy atom. The third kappa shape index (κ3) is 3.31. The smallest absolute Gasteiger partial charge is 0.224 e. The number of pyridine rings is 1. The second-order valence-corrected chi connectivity index (χ2v) is 4.59. The zero-order valence-corrected chi connectivity index (χ0v) is 11.6. The first kappa shape index (κ1) is 13.1. The summed E-state index contributed by atoms with van der Waals surface area (Å²) in [5, 5.41) is 3.21. The molecule has 2 heterocycles. The van der Waals surface area contributed by atoms with Gasteiger partial charge < -0.3 is 15.1 Å². The molecule has 2 aromatic rings. The highest BCUT2D eigenvalue weighted by Gasteiger charge is 2.01. The van der Waals surface area contributed by atoms with Crippen LogP contribution in [0.3, 0.4) is 0 Å². The summed E-state index contributed by atoms with van der Waals surface area (Å²) in [4.78, 5) is 16.6. The van der Waals surface area contributed by atoms with Crippen LogP contribution in [0.4, 0.5) is 23.1 Å². The van der Waals surface area contributed by atoms with Crippen LogP contribution in [0.25, 0.3) is 0 Å². The van der Waals surface area contributed by atoms with Gasteiger partial charge in [-0.3, -0.25) is 0 Å². The van der Waals surface area contributed by atoms with Crippen LogP contribution in [0.1, 0.15) is 0 Å². The minimum Gasteiger partial charge on any atom is -0.363 e. The summed E-state index contributed by atoms with van der Waals surface area (Å²) >= 11 is 0. The van der Waals surface area contributed by atoms with Gasteiger partial charge in [-0.15, -0.1) is 0 Å². The first-order valence-corrected chi connectivity index (χ1v) is 5.96. The predicted molar refractivity (Wildman–Crippen MR) is 78.2 cm³/mol. The minimum atomic E-state index is 0.687. The van der Waals surface area contributed by atoms with E-state index in [1.807, 2.05) is 50.1 Å². The standard InChI is InChI=1S/C13H18N6/c1-18(2)12-6-5-10(7-14-12)17-11-8-15-13(16-9-11)19(3)4/h5-9,17H,1-4H3. The van der Waals surface area contributed by atoms with Crippen molar-refractivity contribution in [3.8, 4) is 0 Å². The molecule has 0 aliphatic heterocycles. The molecule has 0 aliphatic rings. The van der Waals surface area contributed by atoms with Crippen LogP contribution in [0.15, 0.2) is 30.7 Å². The lowest BCUT2D eigenvalue weighted by molar-refractivity contribution is 0.999. The van der Waals surface area contributed by atoms with E-state index in [4.69, 9.17) is 0 Å². The molecule has 0 amide bonds. The zero-order chi connectivity index (χ0) is 13.8. The van der Waals surface area contributed by atoms with Gasteiger partial charge in [0.25, 0.3) is 0 Å². The second kappa shape index (κ2) is 5.51. The molecule has 2 aromatic heterocycles. The monoisotopic (exact) mass is 258 g/mol. The Morgan fingerprint density at radius 3 is 1.89 bits per heavy atom. The third-order valence-electron chi connectivity index (χ3n) is 2.53. The number of nitrogens with one attached hydrogen (secondary N) is 1. The quantitative estimate of drug-likeness (QED) is 0.901. The summed E-state index contributed by atoms with van der Waals surface area (Å²) in [7, 11) is 7.74. The van der Waals surface area contributed by atoms with Gasteiger partial charge in [-0.2, -0.15) is 0 Å². The van der Waals surface area contributed by atoms with Crippen molar-refractivity contribution in [2.75, 3.05) is 43.3 Å². The Labute approximate surface area is 113 Å². The van der Waals surface area contributed by atoms with Crippen LogP contribution in [-0.2, 0) is 0 Å². The molecule has 6 nitrogen and oxygen atoms in total.